The average molecular weight is 544 g/mol. The Bertz CT molecular complexity index is 1360. The quantitative estimate of drug-likeness (QED) is 0.261. The first-order valence-corrected chi connectivity index (χ1v) is 12.9. The molecule has 0 spiro atoms. The first-order valence-electron chi connectivity index (χ1n) is 12.9. The van der Waals surface area contributed by atoms with E-state index in [2.05, 4.69) is 5.32 Å². The van der Waals surface area contributed by atoms with E-state index in [1.54, 1.807) is 37.3 Å². The van der Waals surface area contributed by atoms with Crippen LogP contribution in [0.3, 0.4) is 0 Å². The second-order valence-corrected chi connectivity index (χ2v) is 9.95. The number of fused-ring (bicyclic) bond motifs is 1. The molecule has 0 aromatic heterocycles. The topological polar surface area (TPSA) is 56.8 Å². The summed E-state index contributed by atoms with van der Waals surface area (Å²) < 4.78 is 72.1. The van der Waals surface area contributed by atoms with Crippen molar-refractivity contribution in [2.45, 2.75) is 38.3 Å². The summed E-state index contributed by atoms with van der Waals surface area (Å²) in [5.41, 5.74) is 0.474. The van der Waals surface area contributed by atoms with Crippen LogP contribution in [0.15, 0.2) is 54.6 Å². The predicted octanol–water partition coefficient (Wildman–Crippen LogP) is 6.47. The number of ether oxygens (including phenoxy) is 3. The monoisotopic (exact) mass is 543 g/mol. The molecule has 2 heterocycles. The molecule has 5 rings (SSSR count). The molecule has 206 valence electrons. The van der Waals surface area contributed by atoms with Gasteiger partial charge in [0.05, 0.1) is 17.7 Å². The van der Waals surface area contributed by atoms with Gasteiger partial charge >= 0.3 is 6.18 Å². The lowest BCUT2D eigenvalue weighted by atomic mass is 9.80. The zero-order valence-corrected chi connectivity index (χ0v) is 21.4. The molecule has 0 aliphatic carbocycles. The van der Waals surface area contributed by atoms with Gasteiger partial charge in [-0.05, 0) is 79.3 Å². The lowest BCUT2D eigenvalue weighted by molar-refractivity contribution is -0.138. The van der Waals surface area contributed by atoms with Crippen LogP contribution in [0.5, 0.6) is 17.2 Å². The number of benzene rings is 3. The smallest absolute Gasteiger partial charge is 0.416 e. The summed E-state index contributed by atoms with van der Waals surface area (Å²) in [7, 11) is 0. The SMILES string of the molecule is Cc1cccc(C(F)(F)F)c1CCC(=O)c1cc([C@@H]2CCNC[C@H]2COc2ccc3c(c2)OCO3)ccc1F. The summed E-state index contributed by atoms with van der Waals surface area (Å²) in [6.45, 7) is 3.60. The van der Waals surface area contributed by atoms with Gasteiger partial charge in [-0.15, -0.1) is 0 Å². The largest absolute Gasteiger partial charge is 0.493 e. The van der Waals surface area contributed by atoms with E-state index in [4.69, 9.17) is 14.2 Å². The number of carbonyl (C=O) groups excluding carboxylic acids is 1. The van der Waals surface area contributed by atoms with E-state index in [1.807, 2.05) is 6.07 Å². The summed E-state index contributed by atoms with van der Waals surface area (Å²) in [6.07, 6.45) is -4.10. The molecule has 0 unspecified atom stereocenters. The lowest BCUT2D eigenvalue weighted by Crippen LogP contribution is -2.38. The third-order valence-electron chi connectivity index (χ3n) is 7.45. The van der Waals surface area contributed by atoms with Crippen molar-refractivity contribution in [1.29, 1.82) is 0 Å². The molecule has 2 aliphatic rings. The van der Waals surface area contributed by atoms with Gasteiger partial charge in [0.25, 0.3) is 0 Å². The number of hydrogen-bond donors (Lipinski definition) is 1. The van der Waals surface area contributed by atoms with Crippen LogP contribution in [0.4, 0.5) is 17.6 Å². The van der Waals surface area contributed by atoms with Crippen molar-refractivity contribution in [2.75, 3.05) is 26.5 Å². The Morgan fingerprint density at radius 3 is 2.72 bits per heavy atom. The Morgan fingerprint density at radius 1 is 1.08 bits per heavy atom. The number of halogens is 4. The van der Waals surface area contributed by atoms with Crippen LogP contribution < -0.4 is 19.5 Å². The number of aryl methyl sites for hydroxylation is 1. The molecule has 39 heavy (non-hydrogen) atoms. The Morgan fingerprint density at radius 2 is 1.90 bits per heavy atom. The van der Waals surface area contributed by atoms with Crippen LogP contribution in [-0.4, -0.2) is 32.3 Å². The van der Waals surface area contributed by atoms with Gasteiger partial charge in [0, 0.05) is 24.9 Å². The van der Waals surface area contributed by atoms with Crippen molar-refractivity contribution >= 4 is 5.78 Å². The van der Waals surface area contributed by atoms with Gasteiger partial charge in [0.15, 0.2) is 17.3 Å². The molecule has 2 atom stereocenters. The molecular weight excluding hydrogens is 514 g/mol. The number of alkyl halides is 3. The summed E-state index contributed by atoms with van der Waals surface area (Å²) in [5, 5.41) is 3.36. The summed E-state index contributed by atoms with van der Waals surface area (Å²) >= 11 is 0. The van der Waals surface area contributed by atoms with E-state index in [1.165, 1.54) is 12.1 Å². The molecule has 3 aromatic rings. The lowest BCUT2D eigenvalue weighted by Gasteiger charge is -2.32. The second-order valence-electron chi connectivity index (χ2n) is 9.95. The van der Waals surface area contributed by atoms with Crippen molar-refractivity contribution in [3.8, 4) is 17.2 Å². The minimum atomic E-state index is -4.53. The summed E-state index contributed by atoms with van der Waals surface area (Å²) in [6, 6.07) is 13.8. The number of ketones is 1. The maximum atomic E-state index is 14.8. The summed E-state index contributed by atoms with van der Waals surface area (Å²) in [5.74, 6) is 0.813. The van der Waals surface area contributed by atoms with E-state index in [-0.39, 0.29) is 42.6 Å². The molecule has 1 saturated heterocycles. The molecule has 0 saturated carbocycles. The zero-order chi connectivity index (χ0) is 27.6. The van der Waals surface area contributed by atoms with E-state index in [0.717, 1.165) is 24.6 Å². The standard InChI is InChI=1S/C30H29F4NO4/c1-18-3-2-4-25(30(32,33)34)22(18)7-9-27(36)24-13-19(5-8-26(24)31)23-11-12-35-15-20(23)16-37-21-6-10-28-29(14-21)39-17-38-28/h2-6,8,10,13-14,20,23,35H,7,9,11-12,15-17H2,1H3/t20-,23-/m0/s1. The molecule has 9 heteroatoms. The van der Waals surface area contributed by atoms with E-state index >= 15 is 0 Å². The van der Waals surface area contributed by atoms with Crippen LogP contribution in [-0.2, 0) is 12.6 Å². The van der Waals surface area contributed by atoms with E-state index in [9.17, 15) is 22.4 Å². The molecule has 0 amide bonds. The first kappa shape index (κ1) is 27.0. The maximum Gasteiger partial charge on any atom is 0.416 e. The van der Waals surface area contributed by atoms with Crippen LogP contribution in [0.1, 0.15) is 51.4 Å². The highest BCUT2D eigenvalue weighted by Crippen LogP contribution is 2.37. The highest BCUT2D eigenvalue weighted by atomic mass is 19.4. The first-order chi connectivity index (χ1) is 18.7. The minimum absolute atomic E-state index is 0.0145. The van der Waals surface area contributed by atoms with Gasteiger partial charge in [0.1, 0.15) is 11.6 Å². The Labute approximate surface area is 224 Å². The Balaban J connectivity index is 1.30. The Kier molecular flexibility index (Phi) is 7.79. The second kappa shape index (κ2) is 11.3. The highest BCUT2D eigenvalue weighted by Gasteiger charge is 2.34. The van der Waals surface area contributed by atoms with Crippen molar-refractivity contribution in [1.82, 2.24) is 5.32 Å². The molecular formula is C30H29F4NO4. The molecule has 3 aromatic carbocycles. The van der Waals surface area contributed by atoms with Crippen molar-refractivity contribution in [2.24, 2.45) is 5.92 Å². The van der Waals surface area contributed by atoms with Gasteiger partial charge < -0.3 is 19.5 Å². The number of piperidine rings is 1. The highest BCUT2D eigenvalue weighted by molar-refractivity contribution is 5.96. The van der Waals surface area contributed by atoms with Gasteiger partial charge in [-0.3, -0.25) is 4.79 Å². The number of Topliss-reactive ketones (excluding diaryl/α,β-unsaturated/α-hetero) is 1. The number of rotatable bonds is 8. The van der Waals surface area contributed by atoms with Crippen LogP contribution in [0.2, 0.25) is 0 Å². The molecule has 0 radical (unpaired) electrons. The van der Waals surface area contributed by atoms with E-state index in [0.29, 0.717) is 36.0 Å². The minimum Gasteiger partial charge on any atom is -0.493 e. The molecule has 5 nitrogen and oxygen atoms in total. The number of nitrogens with one attached hydrogen (secondary N) is 1. The van der Waals surface area contributed by atoms with Crippen molar-refractivity contribution < 1.29 is 36.6 Å². The van der Waals surface area contributed by atoms with Gasteiger partial charge in [0.2, 0.25) is 6.79 Å². The summed E-state index contributed by atoms with van der Waals surface area (Å²) in [4.78, 5) is 13.1. The van der Waals surface area contributed by atoms with Gasteiger partial charge in [-0.2, -0.15) is 13.2 Å². The predicted molar refractivity (Wildman–Crippen MR) is 137 cm³/mol. The third-order valence-corrected chi connectivity index (χ3v) is 7.45. The fourth-order valence-corrected chi connectivity index (χ4v) is 5.37. The zero-order valence-electron chi connectivity index (χ0n) is 21.4. The van der Waals surface area contributed by atoms with Gasteiger partial charge in [-0.1, -0.05) is 18.2 Å². The normalized spacial score (nSPS) is 18.7. The van der Waals surface area contributed by atoms with Crippen LogP contribution >= 0.6 is 0 Å². The number of hydrogen-bond acceptors (Lipinski definition) is 5. The molecule has 1 fully saturated rings. The maximum absolute atomic E-state index is 14.8. The van der Waals surface area contributed by atoms with Gasteiger partial charge in [-0.25, -0.2) is 4.39 Å². The average Bonchev–Trinajstić information content (AvgIpc) is 3.39. The Hall–Kier alpha value is -3.59. The van der Waals surface area contributed by atoms with Crippen LogP contribution in [0, 0.1) is 18.7 Å². The van der Waals surface area contributed by atoms with Crippen LogP contribution in [0.25, 0.3) is 0 Å². The van der Waals surface area contributed by atoms with E-state index < -0.39 is 23.3 Å². The molecule has 2 aliphatic heterocycles. The van der Waals surface area contributed by atoms with Crippen molar-refractivity contribution in [3.63, 3.8) is 0 Å². The fraction of sp³-hybridized carbons (Fsp3) is 0.367. The fourth-order valence-electron chi connectivity index (χ4n) is 5.37. The molecule has 1 N–H and O–H groups in total. The number of carbonyl (C=O) groups is 1. The molecule has 0 bridgehead atoms. The third kappa shape index (κ3) is 6.03. The van der Waals surface area contributed by atoms with Crippen molar-refractivity contribution in [3.05, 3.63) is 88.2 Å².